The van der Waals surface area contributed by atoms with Crippen LogP contribution in [0.3, 0.4) is 0 Å². The lowest BCUT2D eigenvalue weighted by molar-refractivity contribution is -0.904. The largest absolute Gasteiger partial charge is 0.495 e. The number of hydrogen-bond donors (Lipinski definition) is 2. The summed E-state index contributed by atoms with van der Waals surface area (Å²) < 4.78 is 10.7. The zero-order valence-electron chi connectivity index (χ0n) is 14.8. The number of carbonyl (C=O) groups excluding carboxylic acids is 1. The molecule has 0 radical (unpaired) electrons. The van der Waals surface area contributed by atoms with E-state index in [1.54, 1.807) is 18.4 Å². The number of carbonyl (C=O) groups is 1. The van der Waals surface area contributed by atoms with Crippen LogP contribution in [0.1, 0.15) is 12.6 Å². The van der Waals surface area contributed by atoms with Crippen LogP contribution in [0.2, 0.25) is 0 Å². The summed E-state index contributed by atoms with van der Waals surface area (Å²) in [6.45, 7) is 3.83. The molecule has 1 unspecified atom stereocenters. The van der Waals surface area contributed by atoms with Gasteiger partial charge < -0.3 is 19.5 Å². The van der Waals surface area contributed by atoms with Gasteiger partial charge in [-0.1, -0.05) is 23.4 Å². The number of para-hydroxylation sites is 2. The molecule has 0 bridgehead atoms. The van der Waals surface area contributed by atoms with Crippen LogP contribution < -0.4 is 15.0 Å². The third-order valence-electron chi connectivity index (χ3n) is 4.05. The zero-order valence-corrected chi connectivity index (χ0v) is 15.6. The summed E-state index contributed by atoms with van der Waals surface area (Å²) in [5, 5.41) is 9.05. The van der Waals surface area contributed by atoms with E-state index in [9.17, 15) is 4.79 Å². The predicted octanol–water partition coefficient (Wildman–Crippen LogP) is 2.46. The molecule has 136 valence electrons. The average Bonchev–Trinajstić information content (AvgIpc) is 3.33. The first kappa shape index (κ1) is 18.2. The lowest BCUT2D eigenvalue weighted by Crippen LogP contribution is -3.11. The molecule has 6 nitrogen and oxygen atoms in total. The molecule has 0 aliphatic carbocycles. The Kier molecular flexibility index (Phi) is 6.04. The molecule has 1 atom stereocenters. The molecule has 2 N–H and O–H groups in total. The van der Waals surface area contributed by atoms with Crippen molar-refractivity contribution in [2.24, 2.45) is 0 Å². The molecular formula is C19H22N3O3S+. The van der Waals surface area contributed by atoms with E-state index in [1.165, 1.54) is 0 Å². The maximum absolute atomic E-state index is 12.4. The van der Waals surface area contributed by atoms with Gasteiger partial charge in [-0.3, -0.25) is 4.79 Å². The highest BCUT2D eigenvalue weighted by molar-refractivity contribution is 7.13. The summed E-state index contributed by atoms with van der Waals surface area (Å²) in [5.41, 5.74) is 1.52. The van der Waals surface area contributed by atoms with Crippen molar-refractivity contribution in [2.45, 2.75) is 13.5 Å². The number of hydrogen-bond acceptors (Lipinski definition) is 5. The van der Waals surface area contributed by atoms with E-state index in [2.05, 4.69) is 10.5 Å². The van der Waals surface area contributed by atoms with Gasteiger partial charge in [-0.05, 0) is 30.5 Å². The zero-order chi connectivity index (χ0) is 18.4. The van der Waals surface area contributed by atoms with Crippen molar-refractivity contribution in [3.8, 4) is 16.4 Å². The number of quaternary nitrogens is 1. The Bertz CT molecular complexity index is 845. The summed E-state index contributed by atoms with van der Waals surface area (Å²) >= 11 is 1.61. The number of nitrogens with zero attached hydrogens (tertiary/aromatic N) is 1. The van der Waals surface area contributed by atoms with Crippen LogP contribution in [0.25, 0.3) is 10.6 Å². The maximum atomic E-state index is 12.4. The normalized spacial score (nSPS) is 11.9. The number of amides is 1. The molecule has 2 heterocycles. The molecule has 26 heavy (non-hydrogen) atoms. The standard InChI is InChI=1S/C19H21N3O3S/c1-3-22(12-14-11-17(25-21-14)18-9-6-10-26-18)13-19(23)20-15-7-4-5-8-16(15)24-2/h4-11H,3,12-13H2,1-2H3,(H,20,23)/p+1. The smallest absolute Gasteiger partial charge is 0.279 e. The highest BCUT2D eigenvalue weighted by Gasteiger charge is 2.17. The number of thiophene rings is 1. The van der Waals surface area contributed by atoms with Gasteiger partial charge >= 0.3 is 0 Å². The van der Waals surface area contributed by atoms with Crippen molar-refractivity contribution in [1.29, 1.82) is 0 Å². The van der Waals surface area contributed by atoms with E-state index in [4.69, 9.17) is 9.26 Å². The van der Waals surface area contributed by atoms with Crippen LogP contribution in [-0.2, 0) is 11.3 Å². The van der Waals surface area contributed by atoms with Gasteiger partial charge in [0.2, 0.25) is 0 Å². The van der Waals surface area contributed by atoms with Crippen LogP contribution in [-0.4, -0.2) is 31.3 Å². The van der Waals surface area contributed by atoms with Crippen molar-refractivity contribution in [3.63, 3.8) is 0 Å². The van der Waals surface area contributed by atoms with Crippen LogP contribution in [0.15, 0.2) is 52.4 Å². The van der Waals surface area contributed by atoms with Gasteiger partial charge in [0.25, 0.3) is 5.91 Å². The minimum Gasteiger partial charge on any atom is -0.495 e. The van der Waals surface area contributed by atoms with Gasteiger partial charge in [0.05, 0.1) is 24.2 Å². The molecule has 1 amide bonds. The van der Waals surface area contributed by atoms with Gasteiger partial charge in [-0.25, -0.2) is 0 Å². The fraction of sp³-hybridized carbons (Fsp3) is 0.263. The summed E-state index contributed by atoms with van der Waals surface area (Å²) in [4.78, 5) is 14.6. The summed E-state index contributed by atoms with van der Waals surface area (Å²) in [5.74, 6) is 1.35. The Morgan fingerprint density at radius 3 is 2.88 bits per heavy atom. The Balaban J connectivity index is 1.60. The molecule has 2 aromatic heterocycles. The van der Waals surface area contributed by atoms with Crippen molar-refractivity contribution in [1.82, 2.24) is 5.16 Å². The fourth-order valence-electron chi connectivity index (χ4n) is 2.67. The maximum Gasteiger partial charge on any atom is 0.279 e. The first-order valence-corrected chi connectivity index (χ1v) is 9.33. The lowest BCUT2D eigenvalue weighted by atomic mass is 10.3. The first-order chi connectivity index (χ1) is 12.7. The van der Waals surface area contributed by atoms with Gasteiger partial charge in [-0.2, -0.15) is 0 Å². The SMILES string of the molecule is CC[NH+](CC(=O)Nc1ccccc1OC)Cc1cc(-c2cccs2)on1. The minimum atomic E-state index is -0.0617. The molecule has 0 aliphatic rings. The van der Waals surface area contributed by atoms with Gasteiger partial charge in [0.15, 0.2) is 12.3 Å². The number of benzene rings is 1. The Labute approximate surface area is 156 Å². The van der Waals surface area contributed by atoms with Crippen molar-refractivity contribution in [2.75, 3.05) is 25.5 Å². The number of likely N-dealkylation sites (N-methyl/N-ethyl adjacent to an activating group) is 1. The number of rotatable bonds is 8. The molecular weight excluding hydrogens is 350 g/mol. The second-order valence-electron chi connectivity index (χ2n) is 5.87. The molecule has 0 aliphatic heterocycles. The minimum absolute atomic E-state index is 0.0617. The van der Waals surface area contributed by atoms with E-state index in [1.807, 2.05) is 54.8 Å². The Morgan fingerprint density at radius 1 is 1.31 bits per heavy atom. The van der Waals surface area contributed by atoms with Crippen LogP contribution >= 0.6 is 11.3 Å². The number of methoxy groups -OCH3 is 1. The number of aromatic nitrogens is 1. The first-order valence-electron chi connectivity index (χ1n) is 8.45. The quantitative estimate of drug-likeness (QED) is 0.637. The second kappa shape index (κ2) is 8.64. The van der Waals surface area contributed by atoms with Gasteiger partial charge in [-0.15, -0.1) is 11.3 Å². The number of ether oxygens (including phenoxy) is 1. The Hall–Kier alpha value is -2.64. The molecule has 3 rings (SSSR count). The summed E-state index contributed by atoms with van der Waals surface area (Å²) in [7, 11) is 1.59. The molecule has 0 fully saturated rings. The monoisotopic (exact) mass is 372 g/mol. The van der Waals surface area contributed by atoms with E-state index >= 15 is 0 Å². The summed E-state index contributed by atoms with van der Waals surface area (Å²) in [6.07, 6.45) is 0. The van der Waals surface area contributed by atoms with Gasteiger partial charge in [0, 0.05) is 6.07 Å². The fourth-order valence-corrected chi connectivity index (χ4v) is 3.34. The van der Waals surface area contributed by atoms with Crippen LogP contribution in [0, 0.1) is 0 Å². The highest BCUT2D eigenvalue weighted by Crippen LogP contribution is 2.25. The highest BCUT2D eigenvalue weighted by atomic mass is 32.1. The predicted molar refractivity (Wildman–Crippen MR) is 102 cm³/mol. The molecule has 0 saturated heterocycles. The topological polar surface area (TPSA) is 68.8 Å². The third kappa shape index (κ3) is 4.50. The molecule has 0 saturated carbocycles. The number of nitrogens with one attached hydrogen (secondary N) is 2. The molecule has 0 spiro atoms. The van der Waals surface area contributed by atoms with E-state index < -0.39 is 0 Å². The van der Waals surface area contributed by atoms with E-state index in [0.717, 1.165) is 27.8 Å². The van der Waals surface area contributed by atoms with Crippen LogP contribution in [0.5, 0.6) is 5.75 Å². The number of anilines is 1. The lowest BCUT2D eigenvalue weighted by Gasteiger charge is -2.16. The van der Waals surface area contributed by atoms with Crippen LogP contribution in [0.4, 0.5) is 5.69 Å². The van der Waals surface area contributed by atoms with Gasteiger partial charge in [0.1, 0.15) is 18.0 Å². The molecule has 3 aromatic rings. The van der Waals surface area contributed by atoms with Crippen molar-refractivity contribution < 1.29 is 19.0 Å². The molecule has 1 aromatic carbocycles. The third-order valence-corrected chi connectivity index (χ3v) is 4.93. The second-order valence-corrected chi connectivity index (χ2v) is 6.81. The molecule has 7 heteroatoms. The van der Waals surface area contributed by atoms with E-state index in [0.29, 0.717) is 24.5 Å². The van der Waals surface area contributed by atoms with Crippen molar-refractivity contribution >= 4 is 22.9 Å². The summed E-state index contributed by atoms with van der Waals surface area (Å²) in [6, 6.07) is 13.3. The van der Waals surface area contributed by atoms with E-state index in [-0.39, 0.29) is 5.91 Å². The van der Waals surface area contributed by atoms with Crippen molar-refractivity contribution in [3.05, 3.63) is 53.5 Å². The Morgan fingerprint density at radius 2 is 2.15 bits per heavy atom. The average molecular weight is 372 g/mol.